The van der Waals surface area contributed by atoms with Crippen molar-refractivity contribution in [1.29, 1.82) is 0 Å². The van der Waals surface area contributed by atoms with Crippen LogP contribution < -0.4 is 5.73 Å². The molecule has 0 aliphatic rings. The maximum absolute atomic E-state index is 12.1. The number of alkyl halides is 3. The molecule has 1 aromatic rings. The number of nitrogens with two attached hydrogens (primary N) is 1. The summed E-state index contributed by atoms with van der Waals surface area (Å²) >= 11 is 0. The molecule has 0 aromatic heterocycles. The first-order valence-electron chi connectivity index (χ1n) is 3.98. The second-order valence-electron chi connectivity index (χ2n) is 2.91. The Hall–Kier alpha value is -0.780. The maximum atomic E-state index is 12.1. The number of rotatable bonds is 2. The van der Waals surface area contributed by atoms with Crippen LogP contribution in [0.4, 0.5) is 13.2 Å². The van der Waals surface area contributed by atoms with E-state index in [1.54, 1.807) is 0 Å². The predicted molar refractivity (Wildman–Crippen MR) is 52.7 cm³/mol. The molecule has 0 amide bonds. The van der Waals surface area contributed by atoms with Gasteiger partial charge < -0.3 is 10.8 Å². The molecule has 0 heterocycles. The van der Waals surface area contributed by atoms with Gasteiger partial charge in [0.25, 0.3) is 0 Å². The van der Waals surface area contributed by atoms with Crippen molar-refractivity contribution in [3.05, 3.63) is 35.4 Å². The van der Waals surface area contributed by atoms with Gasteiger partial charge in [0.2, 0.25) is 0 Å². The van der Waals surface area contributed by atoms with E-state index in [0.29, 0.717) is 5.56 Å². The third-order valence-corrected chi connectivity index (χ3v) is 1.86. The molecule has 3 N–H and O–H groups in total. The van der Waals surface area contributed by atoms with E-state index in [1.165, 1.54) is 12.1 Å². The molecule has 0 spiro atoms. The minimum absolute atomic E-state index is 0. The summed E-state index contributed by atoms with van der Waals surface area (Å²) in [6.07, 6.45) is -4.33. The van der Waals surface area contributed by atoms with Gasteiger partial charge in [0, 0.05) is 0 Å². The second kappa shape index (κ2) is 5.34. The molecular formula is C9H11ClF3NO. The highest BCUT2D eigenvalue weighted by Crippen LogP contribution is 2.29. The van der Waals surface area contributed by atoms with E-state index < -0.39 is 17.8 Å². The summed E-state index contributed by atoms with van der Waals surface area (Å²) in [6, 6.07) is 3.81. The molecule has 2 nitrogen and oxygen atoms in total. The lowest BCUT2D eigenvalue weighted by atomic mass is 10.1. The highest BCUT2D eigenvalue weighted by atomic mass is 35.5. The van der Waals surface area contributed by atoms with Crippen molar-refractivity contribution < 1.29 is 18.3 Å². The Morgan fingerprint density at radius 1 is 1.20 bits per heavy atom. The zero-order valence-corrected chi connectivity index (χ0v) is 8.48. The molecule has 0 saturated carbocycles. The molecule has 1 rings (SSSR count). The Bertz CT molecular complexity index is 299. The maximum Gasteiger partial charge on any atom is 0.416 e. The van der Waals surface area contributed by atoms with Gasteiger partial charge in [-0.2, -0.15) is 13.2 Å². The summed E-state index contributed by atoms with van der Waals surface area (Å²) in [5.41, 5.74) is 5.19. The molecule has 0 fully saturated rings. The zero-order chi connectivity index (χ0) is 10.8. The highest BCUT2D eigenvalue weighted by molar-refractivity contribution is 5.85. The van der Waals surface area contributed by atoms with Crippen LogP contribution in [0.1, 0.15) is 17.2 Å². The lowest BCUT2D eigenvalue weighted by Gasteiger charge is -2.10. The fourth-order valence-corrected chi connectivity index (χ4v) is 1.02. The van der Waals surface area contributed by atoms with E-state index in [0.717, 1.165) is 12.1 Å². The van der Waals surface area contributed by atoms with Crippen LogP contribution in [0.25, 0.3) is 0 Å². The quantitative estimate of drug-likeness (QED) is 0.833. The van der Waals surface area contributed by atoms with E-state index in [4.69, 9.17) is 10.8 Å². The van der Waals surface area contributed by atoms with Gasteiger partial charge in [-0.3, -0.25) is 0 Å². The largest absolute Gasteiger partial charge is 0.416 e. The van der Waals surface area contributed by atoms with Gasteiger partial charge in [-0.1, -0.05) is 12.1 Å². The van der Waals surface area contributed by atoms with Gasteiger partial charge in [-0.25, -0.2) is 0 Å². The number of aliphatic hydroxyl groups excluding tert-OH is 1. The number of aliphatic hydroxyl groups is 1. The summed E-state index contributed by atoms with van der Waals surface area (Å²) in [5, 5.41) is 8.67. The van der Waals surface area contributed by atoms with Crippen molar-refractivity contribution >= 4 is 12.4 Å². The van der Waals surface area contributed by atoms with Crippen LogP contribution in [-0.2, 0) is 6.18 Å². The van der Waals surface area contributed by atoms with Gasteiger partial charge in [-0.15, -0.1) is 12.4 Å². The number of halogens is 4. The van der Waals surface area contributed by atoms with E-state index in [2.05, 4.69) is 0 Å². The lowest BCUT2D eigenvalue weighted by Crippen LogP contribution is -2.14. The average Bonchev–Trinajstić information content (AvgIpc) is 2.15. The molecule has 15 heavy (non-hydrogen) atoms. The van der Waals surface area contributed by atoms with Crippen LogP contribution in [0.5, 0.6) is 0 Å². The summed E-state index contributed by atoms with van der Waals surface area (Å²) in [6.45, 7) is -0.286. The number of benzene rings is 1. The van der Waals surface area contributed by atoms with Crippen LogP contribution >= 0.6 is 12.4 Å². The van der Waals surface area contributed by atoms with Crippen molar-refractivity contribution in [2.45, 2.75) is 12.2 Å². The predicted octanol–water partition coefficient (Wildman–Crippen LogP) is 2.12. The summed E-state index contributed by atoms with van der Waals surface area (Å²) in [7, 11) is 0. The molecular weight excluding hydrogens is 231 g/mol. The SMILES string of the molecule is Cl.NC(CO)c1ccc(C(F)(F)F)cc1. The molecule has 0 aliphatic carbocycles. The smallest absolute Gasteiger partial charge is 0.394 e. The van der Waals surface area contributed by atoms with Gasteiger partial charge in [0.1, 0.15) is 0 Å². The monoisotopic (exact) mass is 241 g/mol. The van der Waals surface area contributed by atoms with Crippen LogP contribution in [-0.4, -0.2) is 11.7 Å². The molecule has 1 aromatic carbocycles. The van der Waals surface area contributed by atoms with Gasteiger partial charge >= 0.3 is 6.18 Å². The first-order chi connectivity index (χ1) is 6.45. The fourth-order valence-electron chi connectivity index (χ4n) is 1.02. The molecule has 86 valence electrons. The van der Waals surface area contributed by atoms with Gasteiger partial charge in [0.05, 0.1) is 18.2 Å². The summed E-state index contributed by atoms with van der Waals surface area (Å²) < 4.78 is 36.4. The van der Waals surface area contributed by atoms with Crippen molar-refractivity contribution in [3.8, 4) is 0 Å². The Labute approximate surface area is 91.3 Å². The molecule has 1 atom stereocenters. The highest BCUT2D eigenvalue weighted by Gasteiger charge is 2.30. The molecule has 0 saturated heterocycles. The zero-order valence-electron chi connectivity index (χ0n) is 7.66. The van der Waals surface area contributed by atoms with Crippen LogP contribution in [0.2, 0.25) is 0 Å². The van der Waals surface area contributed by atoms with E-state index in [1.807, 2.05) is 0 Å². The Morgan fingerprint density at radius 2 is 1.67 bits per heavy atom. The van der Waals surface area contributed by atoms with Crippen LogP contribution in [0.15, 0.2) is 24.3 Å². The van der Waals surface area contributed by atoms with Gasteiger partial charge in [0.15, 0.2) is 0 Å². The van der Waals surface area contributed by atoms with Crippen LogP contribution in [0.3, 0.4) is 0 Å². The van der Waals surface area contributed by atoms with Crippen molar-refractivity contribution in [3.63, 3.8) is 0 Å². The van der Waals surface area contributed by atoms with Gasteiger partial charge in [-0.05, 0) is 17.7 Å². The molecule has 0 aliphatic heterocycles. The second-order valence-corrected chi connectivity index (χ2v) is 2.91. The first kappa shape index (κ1) is 14.2. The Kier molecular flexibility index (Phi) is 5.07. The third kappa shape index (κ3) is 3.70. The number of hydrogen-bond acceptors (Lipinski definition) is 2. The Morgan fingerprint density at radius 3 is 2.00 bits per heavy atom. The topological polar surface area (TPSA) is 46.2 Å². The molecule has 6 heteroatoms. The van der Waals surface area contributed by atoms with Crippen molar-refractivity contribution in [2.24, 2.45) is 5.73 Å². The number of hydrogen-bond donors (Lipinski definition) is 2. The molecule has 0 radical (unpaired) electrons. The third-order valence-electron chi connectivity index (χ3n) is 1.86. The lowest BCUT2D eigenvalue weighted by molar-refractivity contribution is -0.137. The minimum Gasteiger partial charge on any atom is -0.394 e. The van der Waals surface area contributed by atoms with E-state index in [-0.39, 0.29) is 19.0 Å². The average molecular weight is 242 g/mol. The summed E-state index contributed by atoms with van der Waals surface area (Å²) in [5.74, 6) is 0. The minimum atomic E-state index is -4.33. The fraction of sp³-hybridized carbons (Fsp3) is 0.333. The Balaban J connectivity index is 0.00000196. The van der Waals surface area contributed by atoms with Crippen LogP contribution in [0, 0.1) is 0 Å². The van der Waals surface area contributed by atoms with Crippen molar-refractivity contribution in [2.75, 3.05) is 6.61 Å². The van der Waals surface area contributed by atoms with E-state index in [9.17, 15) is 13.2 Å². The standard InChI is InChI=1S/C9H10F3NO.ClH/c10-9(11,12)7-3-1-6(2-4-7)8(13)5-14;/h1-4,8,14H,5,13H2;1H. The molecule has 0 bridgehead atoms. The van der Waals surface area contributed by atoms with Crippen molar-refractivity contribution in [1.82, 2.24) is 0 Å². The normalized spacial score (nSPS) is 13.1. The van der Waals surface area contributed by atoms with E-state index >= 15 is 0 Å². The summed E-state index contributed by atoms with van der Waals surface area (Å²) in [4.78, 5) is 0. The first-order valence-corrected chi connectivity index (χ1v) is 3.98. The molecule has 1 unspecified atom stereocenters.